The summed E-state index contributed by atoms with van der Waals surface area (Å²) < 4.78 is 10.4. The number of anilines is 2. The molecule has 9 rings (SSSR count). The number of ether oxygens (including phenoxy) is 1. The van der Waals surface area contributed by atoms with Crippen molar-refractivity contribution in [1.82, 2.24) is 23.9 Å². The summed E-state index contributed by atoms with van der Waals surface area (Å²) in [7, 11) is 6.13. The van der Waals surface area contributed by atoms with Crippen LogP contribution in [0.4, 0.5) is 11.4 Å². The monoisotopic (exact) mass is 715 g/mol. The predicted molar refractivity (Wildman–Crippen MR) is 225 cm³/mol. The second-order valence-electron chi connectivity index (χ2n) is 14.8. The molecule has 5 aromatic carbocycles. The first kappa shape index (κ1) is 34.2. The van der Waals surface area contributed by atoms with Gasteiger partial charge in [-0.05, 0) is 93.8 Å². The first-order valence-corrected chi connectivity index (χ1v) is 19.4. The van der Waals surface area contributed by atoms with Crippen LogP contribution in [0.1, 0.15) is 6.92 Å². The lowest BCUT2D eigenvalue weighted by Gasteiger charge is -2.34. The van der Waals surface area contributed by atoms with Crippen LogP contribution in [0, 0.1) is 0 Å². The zero-order valence-corrected chi connectivity index (χ0v) is 31.9. The number of methoxy groups -OCH3 is 1. The number of piperazine rings is 2. The van der Waals surface area contributed by atoms with E-state index in [4.69, 9.17) is 9.72 Å². The number of para-hydroxylation sites is 1. The summed E-state index contributed by atoms with van der Waals surface area (Å²) in [6.07, 6.45) is 0. The maximum atomic E-state index is 5.62. The van der Waals surface area contributed by atoms with E-state index in [0.717, 1.165) is 104 Å². The van der Waals surface area contributed by atoms with Gasteiger partial charge in [0.05, 0.1) is 18.5 Å². The molecule has 2 aliphatic heterocycles. The van der Waals surface area contributed by atoms with Crippen molar-refractivity contribution in [3.05, 3.63) is 115 Å². The maximum Gasteiger partial charge on any atom is 0.145 e. The number of benzene rings is 5. The van der Waals surface area contributed by atoms with Crippen molar-refractivity contribution in [3.8, 4) is 45.3 Å². The summed E-state index contributed by atoms with van der Waals surface area (Å²) in [6, 6.07) is 42.2. The number of fused-ring (bicyclic) bond motifs is 3. The second kappa shape index (κ2) is 14.3. The fourth-order valence-corrected chi connectivity index (χ4v) is 8.39. The molecule has 54 heavy (non-hydrogen) atoms. The molecule has 0 bridgehead atoms. The number of nitrogens with zero attached hydrogens (tertiary/aromatic N) is 7. The van der Waals surface area contributed by atoms with Crippen molar-refractivity contribution < 1.29 is 4.74 Å². The molecule has 0 spiro atoms. The van der Waals surface area contributed by atoms with Crippen molar-refractivity contribution >= 4 is 33.2 Å². The first-order chi connectivity index (χ1) is 26.5. The molecule has 0 atom stereocenters. The summed E-state index contributed by atoms with van der Waals surface area (Å²) in [5.74, 6) is 1.73. The highest BCUT2D eigenvalue weighted by atomic mass is 16.5. The lowest BCUT2D eigenvalue weighted by atomic mass is 10.0. The molecule has 0 amide bonds. The molecule has 0 aliphatic carbocycles. The van der Waals surface area contributed by atoms with Gasteiger partial charge < -0.3 is 28.9 Å². The van der Waals surface area contributed by atoms with Crippen molar-refractivity contribution in [2.24, 2.45) is 0 Å². The molecule has 8 nitrogen and oxygen atoms in total. The molecule has 4 heterocycles. The number of hydrogen-bond acceptors (Lipinski definition) is 6. The fourth-order valence-electron chi connectivity index (χ4n) is 8.39. The van der Waals surface area contributed by atoms with E-state index in [2.05, 4.69) is 153 Å². The highest BCUT2D eigenvalue weighted by Gasteiger charge is 2.25. The largest absolute Gasteiger partial charge is 0.497 e. The van der Waals surface area contributed by atoms with Crippen molar-refractivity contribution in [2.45, 2.75) is 13.5 Å². The Bertz CT molecular complexity index is 2390. The second-order valence-corrected chi connectivity index (χ2v) is 14.8. The van der Waals surface area contributed by atoms with E-state index in [0.29, 0.717) is 0 Å². The van der Waals surface area contributed by atoms with Crippen LogP contribution in [0.3, 0.4) is 0 Å². The SMILES string of the molecule is CCn1c2ccccc2c2cc(-c3nc(-c4ccc(N5CCN(C)CC5)cc4)c(-c4ccc(N5CCN(C)CC5)cc4)n3-c3ccc(OC)cc3)ccc21. The van der Waals surface area contributed by atoms with Crippen LogP contribution in [0.2, 0.25) is 0 Å². The zero-order chi connectivity index (χ0) is 36.8. The van der Waals surface area contributed by atoms with Gasteiger partial charge >= 0.3 is 0 Å². The van der Waals surface area contributed by atoms with Crippen LogP contribution in [0.5, 0.6) is 5.75 Å². The van der Waals surface area contributed by atoms with E-state index in [9.17, 15) is 0 Å². The molecule has 2 fully saturated rings. The molecular weight excluding hydrogens is 667 g/mol. The van der Waals surface area contributed by atoms with E-state index in [1.54, 1.807) is 7.11 Å². The molecule has 0 unspecified atom stereocenters. The van der Waals surface area contributed by atoms with E-state index < -0.39 is 0 Å². The van der Waals surface area contributed by atoms with Crippen LogP contribution < -0.4 is 14.5 Å². The summed E-state index contributed by atoms with van der Waals surface area (Å²) in [6.45, 7) is 11.6. The Morgan fingerprint density at radius 3 is 1.69 bits per heavy atom. The van der Waals surface area contributed by atoms with Crippen LogP contribution in [0.25, 0.3) is 61.4 Å². The van der Waals surface area contributed by atoms with Gasteiger partial charge in [0.1, 0.15) is 11.6 Å². The number of likely N-dealkylation sites (N-methyl/N-ethyl adjacent to an activating group) is 2. The molecule has 2 aliphatic rings. The van der Waals surface area contributed by atoms with Gasteiger partial charge in [-0.25, -0.2) is 4.98 Å². The highest BCUT2D eigenvalue weighted by Crippen LogP contribution is 2.41. The van der Waals surface area contributed by atoms with Crippen molar-refractivity contribution in [2.75, 3.05) is 83.4 Å². The van der Waals surface area contributed by atoms with E-state index in [1.165, 1.54) is 33.2 Å². The van der Waals surface area contributed by atoms with Gasteiger partial charge in [0.2, 0.25) is 0 Å². The van der Waals surface area contributed by atoms with Gasteiger partial charge in [0.15, 0.2) is 0 Å². The maximum absolute atomic E-state index is 5.62. The van der Waals surface area contributed by atoms with E-state index in [1.807, 2.05) is 12.1 Å². The lowest BCUT2D eigenvalue weighted by molar-refractivity contribution is 0.313. The summed E-state index contributed by atoms with van der Waals surface area (Å²) in [5, 5.41) is 2.50. The van der Waals surface area contributed by atoms with Gasteiger partial charge in [0, 0.05) is 114 Å². The summed E-state index contributed by atoms with van der Waals surface area (Å²) in [5.41, 5.74) is 11.4. The minimum atomic E-state index is 0.826. The molecule has 0 radical (unpaired) electrons. The fraction of sp³-hybridized carbons (Fsp3) is 0.283. The van der Waals surface area contributed by atoms with E-state index in [-0.39, 0.29) is 0 Å². The highest BCUT2D eigenvalue weighted by molar-refractivity contribution is 6.09. The van der Waals surface area contributed by atoms with Crippen LogP contribution in [-0.4, -0.2) is 97.5 Å². The lowest BCUT2D eigenvalue weighted by Crippen LogP contribution is -2.44. The normalized spacial score (nSPS) is 15.8. The third-order valence-electron chi connectivity index (χ3n) is 11.6. The average molecular weight is 716 g/mol. The Kier molecular flexibility index (Phi) is 9.09. The third kappa shape index (κ3) is 6.19. The smallest absolute Gasteiger partial charge is 0.145 e. The molecule has 274 valence electrons. The van der Waals surface area contributed by atoms with Crippen molar-refractivity contribution in [3.63, 3.8) is 0 Å². The van der Waals surface area contributed by atoms with Crippen LogP contribution in [0.15, 0.2) is 115 Å². The number of rotatable bonds is 8. The molecule has 8 heteroatoms. The summed E-state index contributed by atoms with van der Waals surface area (Å²) in [4.78, 5) is 15.4. The van der Waals surface area contributed by atoms with Gasteiger partial charge in [0.25, 0.3) is 0 Å². The van der Waals surface area contributed by atoms with Gasteiger partial charge in [-0.3, -0.25) is 4.57 Å². The number of hydrogen-bond donors (Lipinski definition) is 0. The Balaban J connectivity index is 1.24. The van der Waals surface area contributed by atoms with Crippen LogP contribution in [-0.2, 0) is 6.54 Å². The van der Waals surface area contributed by atoms with Gasteiger partial charge in [-0.2, -0.15) is 0 Å². The number of aryl methyl sites for hydroxylation is 1. The molecule has 7 aromatic rings. The minimum absolute atomic E-state index is 0.826. The Hall–Kier alpha value is -5.57. The minimum Gasteiger partial charge on any atom is -0.497 e. The molecule has 2 saturated heterocycles. The molecule has 2 aromatic heterocycles. The topological polar surface area (TPSA) is 44.9 Å². The zero-order valence-electron chi connectivity index (χ0n) is 31.9. The predicted octanol–water partition coefficient (Wildman–Crippen LogP) is 8.51. The molecule has 0 N–H and O–H groups in total. The Morgan fingerprint density at radius 2 is 1.09 bits per heavy atom. The summed E-state index contributed by atoms with van der Waals surface area (Å²) >= 11 is 0. The average Bonchev–Trinajstić information content (AvgIpc) is 3.78. The number of aromatic nitrogens is 3. The Morgan fingerprint density at radius 1 is 0.556 bits per heavy atom. The Labute approximate surface area is 318 Å². The quantitative estimate of drug-likeness (QED) is 0.157. The van der Waals surface area contributed by atoms with Gasteiger partial charge in [-0.1, -0.05) is 42.5 Å². The van der Waals surface area contributed by atoms with Gasteiger partial charge in [-0.15, -0.1) is 0 Å². The van der Waals surface area contributed by atoms with Crippen LogP contribution >= 0.6 is 0 Å². The first-order valence-electron chi connectivity index (χ1n) is 19.4. The molecule has 0 saturated carbocycles. The third-order valence-corrected chi connectivity index (χ3v) is 11.6. The van der Waals surface area contributed by atoms with E-state index >= 15 is 0 Å². The number of imidazole rings is 1. The standard InChI is InChI=1S/C46H49N7O/c1-5-52-42-9-7-6-8-40(42)41-32-35(14-23-43(41)52)46-47-44(33-10-15-36(16-11-33)50-28-24-48(2)25-29-50)45(53(46)38-19-21-39(54-4)22-20-38)34-12-17-37(18-13-34)51-30-26-49(3)27-31-51/h6-23,32H,5,24-31H2,1-4H3. The molecular formula is C46H49N7O. The van der Waals surface area contributed by atoms with Crippen molar-refractivity contribution in [1.29, 1.82) is 0 Å².